The van der Waals surface area contributed by atoms with Crippen LogP contribution in [0.4, 0.5) is 0 Å². The van der Waals surface area contributed by atoms with E-state index in [-0.39, 0.29) is 17.0 Å². The number of benzene rings is 1. The summed E-state index contributed by atoms with van der Waals surface area (Å²) in [4.78, 5) is 21.7. The van der Waals surface area contributed by atoms with Gasteiger partial charge in [-0.3, -0.25) is 9.19 Å². The Morgan fingerprint density at radius 3 is 2.60 bits per heavy atom. The Balaban J connectivity index is 1.84. The second kappa shape index (κ2) is 9.71. The van der Waals surface area contributed by atoms with E-state index in [9.17, 15) is 9.00 Å². The van der Waals surface area contributed by atoms with E-state index in [1.54, 1.807) is 13.1 Å². The maximum Gasteiger partial charge on any atom is 0.396 e. The highest BCUT2D eigenvalue weighted by Crippen LogP contribution is 2.25. The first-order valence-corrected chi connectivity index (χ1v) is 11.0. The second-order valence-electron chi connectivity index (χ2n) is 6.96. The lowest BCUT2D eigenvalue weighted by Gasteiger charge is -2.08. The van der Waals surface area contributed by atoms with E-state index in [4.69, 9.17) is 9.15 Å². The van der Waals surface area contributed by atoms with E-state index in [0.717, 1.165) is 23.3 Å². The van der Waals surface area contributed by atoms with Crippen LogP contribution in [-0.2, 0) is 15.5 Å². The molecular weight excluding hydrogens is 404 g/mol. The molecule has 1 unspecified atom stereocenters. The highest BCUT2D eigenvalue weighted by Gasteiger charge is 2.20. The molecule has 0 amide bonds. The van der Waals surface area contributed by atoms with Crippen molar-refractivity contribution < 1.29 is 18.2 Å². The van der Waals surface area contributed by atoms with Gasteiger partial charge in [-0.05, 0) is 25.5 Å². The Bertz CT molecular complexity index is 1050. The van der Waals surface area contributed by atoms with Crippen molar-refractivity contribution in [3.8, 4) is 22.8 Å². The predicted molar refractivity (Wildman–Crippen MR) is 112 cm³/mol. The molecular formula is C21H24N4O4S. The number of aromatic nitrogens is 4. The third kappa shape index (κ3) is 4.96. The smallest absolute Gasteiger partial charge is 0.396 e. The van der Waals surface area contributed by atoms with Crippen molar-refractivity contribution in [1.82, 2.24) is 20.2 Å². The van der Waals surface area contributed by atoms with E-state index in [1.807, 2.05) is 45.0 Å². The van der Waals surface area contributed by atoms with Crippen LogP contribution in [-0.4, -0.2) is 42.2 Å². The molecule has 2 heterocycles. The molecule has 2 aromatic heterocycles. The fourth-order valence-corrected chi connectivity index (χ4v) is 3.54. The molecule has 9 heteroatoms. The Kier molecular flexibility index (Phi) is 7.04. The van der Waals surface area contributed by atoms with E-state index in [0.29, 0.717) is 23.7 Å². The fourth-order valence-electron chi connectivity index (χ4n) is 2.60. The largest absolute Gasteiger partial charge is 0.459 e. The molecule has 0 fully saturated rings. The van der Waals surface area contributed by atoms with Gasteiger partial charge in [-0.15, -0.1) is 10.2 Å². The second-order valence-corrected chi connectivity index (χ2v) is 8.97. The molecule has 8 nitrogen and oxygen atoms in total. The Morgan fingerprint density at radius 1 is 1.20 bits per heavy atom. The number of carbonyl (C=O) groups is 1. The van der Waals surface area contributed by atoms with Crippen LogP contribution >= 0.6 is 0 Å². The number of unbranched alkanes of at least 4 members (excludes halogenated alkanes) is 1. The highest BCUT2D eigenvalue weighted by atomic mass is 32.2. The van der Waals surface area contributed by atoms with Gasteiger partial charge in [0, 0.05) is 15.7 Å². The van der Waals surface area contributed by atoms with Gasteiger partial charge in [-0.1, -0.05) is 39.3 Å². The zero-order valence-electron chi connectivity index (χ0n) is 17.4. The van der Waals surface area contributed by atoms with E-state index in [1.165, 1.54) is 0 Å². The number of esters is 1. The van der Waals surface area contributed by atoms with Crippen LogP contribution in [0.5, 0.6) is 0 Å². The van der Waals surface area contributed by atoms with Crippen molar-refractivity contribution in [2.45, 2.75) is 50.7 Å². The van der Waals surface area contributed by atoms with Crippen LogP contribution in [0.1, 0.15) is 50.0 Å². The summed E-state index contributed by atoms with van der Waals surface area (Å²) in [5.74, 6) is -0.771. The van der Waals surface area contributed by atoms with E-state index < -0.39 is 16.8 Å². The number of rotatable bonds is 8. The molecule has 30 heavy (non-hydrogen) atoms. The molecule has 1 aromatic carbocycles. The zero-order valence-corrected chi connectivity index (χ0v) is 18.2. The molecule has 3 aromatic rings. The first kappa shape index (κ1) is 21.8. The number of aryl methyl sites for hydroxylation is 1. The number of ether oxygens (including phenoxy) is 1. The molecule has 0 aliphatic rings. The molecule has 0 aliphatic heterocycles. The number of nitrogens with zero attached hydrogens (tertiary/aromatic N) is 4. The number of hydrogen-bond donors (Lipinski definition) is 0. The molecule has 0 saturated heterocycles. The Labute approximate surface area is 177 Å². The van der Waals surface area contributed by atoms with Gasteiger partial charge in [0.25, 0.3) is 5.89 Å². The summed E-state index contributed by atoms with van der Waals surface area (Å²) in [5, 5.41) is 7.74. The minimum absolute atomic E-state index is 0.0435. The van der Waals surface area contributed by atoms with Crippen molar-refractivity contribution >= 4 is 16.8 Å². The maximum atomic E-state index is 12.2. The normalized spacial score (nSPS) is 12.2. The Morgan fingerprint density at radius 2 is 1.93 bits per heavy atom. The predicted octanol–water partition coefficient (Wildman–Crippen LogP) is 3.97. The summed E-state index contributed by atoms with van der Waals surface area (Å²) in [6.45, 7) is 7.91. The molecule has 1 atom stereocenters. The van der Waals surface area contributed by atoms with Crippen molar-refractivity contribution in [3.63, 3.8) is 0 Å². The van der Waals surface area contributed by atoms with Crippen molar-refractivity contribution in [1.29, 1.82) is 0 Å². The summed E-state index contributed by atoms with van der Waals surface area (Å²) in [6.07, 6.45) is 3.32. The van der Waals surface area contributed by atoms with Crippen molar-refractivity contribution in [2.24, 2.45) is 0 Å². The summed E-state index contributed by atoms with van der Waals surface area (Å²) in [5.41, 5.74) is 2.39. The average Bonchev–Trinajstić information content (AvgIpc) is 3.24. The van der Waals surface area contributed by atoms with Crippen LogP contribution in [0.3, 0.4) is 0 Å². The lowest BCUT2D eigenvalue weighted by atomic mass is 10.1. The van der Waals surface area contributed by atoms with Gasteiger partial charge >= 0.3 is 11.9 Å². The highest BCUT2D eigenvalue weighted by molar-refractivity contribution is 7.85. The molecule has 0 aliphatic carbocycles. The van der Waals surface area contributed by atoms with Crippen molar-refractivity contribution in [2.75, 3.05) is 6.61 Å². The quantitative estimate of drug-likeness (QED) is 0.392. The molecule has 0 radical (unpaired) electrons. The molecule has 0 saturated carbocycles. The minimum atomic E-state index is -1.06. The van der Waals surface area contributed by atoms with Gasteiger partial charge in [-0.25, -0.2) is 9.78 Å². The number of carbonyl (C=O) groups excluding carboxylic acids is 1. The monoisotopic (exact) mass is 428 g/mol. The first-order valence-electron chi connectivity index (χ1n) is 9.76. The van der Waals surface area contributed by atoms with Gasteiger partial charge in [-0.2, -0.15) is 0 Å². The van der Waals surface area contributed by atoms with Gasteiger partial charge in [0.05, 0.1) is 35.0 Å². The van der Waals surface area contributed by atoms with Crippen LogP contribution in [0.15, 0.2) is 39.8 Å². The minimum Gasteiger partial charge on any atom is -0.459 e. The average molecular weight is 429 g/mol. The molecule has 3 rings (SSSR count). The van der Waals surface area contributed by atoms with Gasteiger partial charge < -0.3 is 9.15 Å². The molecule has 0 spiro atoms. The van der Waals surface area contributed by atoms with Crippen LogP contribution in [0.2, 0.25) is 0 Å². The summed E-state index contributed by atoms with van der Waals surface area (Å²) in [7, 11) is -1.06. The molecule has 0 N–H and O–H groups in total. The topological polar surface area (TPSA) is 108 Å². The standard InChI is InChI=1S/C21H24N4O4S/c1-5-6-11-28-21(26)20-25-24-19(29-20)18-14(4)22-12-17(23-18)15-7-9-16(10-8-15)30(27)13(2)3/h7-10,12-13H,5-6,11H2,1-4H3. The third-order valence-corrected chi connectivity index (χ3v) is 5.89. The lowest BCUT2D eigenvalue weighted by Crippen LogP contribution is -2.06. The SMILES string of the molecule is CCCCOC(=O)c1nnc(-c2nc(-c3ccc(S(=O)C(C)C)cc3)cnc2C)o1. The first-order chi connectivity index (χ1) is 14.4. The summed E-state index contributed by atoms with van der Waals surface area (Å²) in [6, 6.07) is 7.35. The zero-order chi connectivity index (χ0) is 21.7. The third-order valence-electron chi connectivity index (χ3n) is 4.30. The van der Waals surface area contributed by atoms with Gasteiger partial charge in [0.1, 0.15) is 5.69 Å². The summed E-state index contributed by atoms with van der Waals surface area (Å²) < 4.78 is 22.8. The van der Waals surface area contributed by atoms with Gasteiger partial charge in [0.15, 0.2) is 0 Å². The number of hydrogen-bond acceptors (Lipinski definition) is 8. The van der Waals surface area contributed by atoms with Crippen LogP contribution in [0, 0.1) is 6.92 Å². The van der Waals surface area contributed by atoms with E-state index >= 15 is 0 Å². The maximum absolute atomic E-state index is 12.2. The van der Waals surface area contributed by atoms with Gasteiger partial charge in [0.2, 0.25) is 0 Å². The van der Waals surface area contributed by atoms with E-state index in [2.05, 4.69) is 20.2 Å². The lowest BCUT2D eigenvalue weighted by molar-refractivity contribution is 0.0455. The van der Waals surface area contributed by atoms with Crippen LogP contribution in [0.25, 0.3) is 22.8 Å². The summed E-state index contributed by atoms with van der Waals surface area (Å²) >= 11 is 0. The van der Waals surface area contributed by atoms with Crippen LogP contribution < -0.4 is 0 Å². The van der Waals surface area contributed by atoms with Crippen molar-refractivity contribution in [3.05, 3.63) is 42.0 Å². The molecule has 158 valence electrons. The fraction of sp³-hybridized carbons (Fsp3) is 0.381. The molecule has 0 bridgehead atoms. The Hall–Kier alpha value is -2.94.